The Kier molecular flexibility index (Phi) is 2.77. The van der Waals surface area contributed by atoms with Gasteiger partial charge in [0.2, 0.25) is 0 Å². The second-order valence-electron chi connectivity index (χ2n) is 6.41. The molecule has 0 amide bonds. The van der Waals surface area contributed by atoms with Crippen molar-refractivity contribution in [1.82, 2.24) is 0 Å². The third-order valence-corrected chi connectivity index (χ3v) is 4.95. The highest BCUT2D eigenvalue weighted by atomic mass is 15.1. The first kappa shape index (κ1) is 13.4. The van der Waals surface area contributed by atoms with Crippen molar-refractivity contribution >= 4 is 45.1 Å². The molecule has 0 saturated carbocycles. The Balaban J connectivity index is 1.81. The summed E-state index contributed by atoms with van der Waals surface area (Å²) in [4.78, 5) is 2.29. The van der Waals surface area contributed by atoms with Gasteiger partial charge in [-0.2, -0.15) is 0 Å². The van der Waals surface area contributed by atoms with Crippen LogP contribution in [0.4, 0.5) is 11.4 Å². The van der Waals surface area contributed by atoms with E-state index in [-0.39, 0.29) is 0 Å². The number of rotatable bonds is 0. The van der Waals surface area contributed by atoms with E-state index in [4.69, 9.17) is 0 Å². The monoisotopic (exact) mass is 307 g/mol. The molecule has 0 fully saturated rings. The van der Waals surface area contributed by atoms with Gasteiger partial charge in [-0.15, -0.1) is 0 Å². The molecule has 0 bridgehead atoms. The van der Waals surface area contributed by atoms with E-state index in [1.165, 1.54) is 44.0 Å². The largest absolute Gasteiger partial charge is 0.344 e. The fraction of sp³-hybridized carbons (Fsp3) is 0.0435. The van der Waals surface area contributed by atoms with Crippen molar-refractivity contribution in [2.45, 2.75) is 0 Å². The van der Waals surface area contributed by atoms with Gasteiger partial charge < -0.3 is 4.90 Å². The molecule has 0 N–H and O–H groups in total. The lowest BCUT2D eigenvalue weighted by Gasteiger charge is -2.22. The normalized spacial score (nSPS) is 13.0. The highest BCUT2D eigenvalue weighted by Gasteiger charge is 2.15. The van der Waals surface area contributed by atoms with E-state index in [2.05, 4.69) is 96.9 Å². The van der Waals surface area contributed by atoms with Gasteiger partial charge in [0.25, 0.3) is 0 Å². The van der Waals surface area contributed by atoms with Crippen molar-refractivity contribution in [3.8, 4) is 0 Å². The zero-order valence-electron chi connectivity index (χ0n) is 13.5. The summed E-state index contributed by atoms with van der Waals surface area (Å²) in [6.45, 7) is 0. The highest BCUT2D eigenvalue weighted by molar-refractivity contribution is 6.02. The van der Waals surface area contributed by atoms with Crippen LogP contribution >= 0.6 is 0 Å². The second-order valence-corrected chi connectivity index (χ2v) is 6.41. The van der Waals surface area contributed by atoms with Gasteiger partial charge in [0.05, 0.1) is 0 Å². The lowest BCUT2D eigenvalue weighted by Crippen LogP contribution is -2.11. The molecule has 1 heterocycles. The topological polar surface area (TPSA) is 3.24 Å². The minimum absolute atomic E-state index is 1.24. The molecule has 5 rings (SSSR count). The summed E-state index contributed by atoms with van der Waals surface area (Å²) in [5, 5.41) is 5.15. The molecule has 4 aromatic carbocycles. The van der Waals surface area contributed by atoms with Crippen molar-refractivity contribution in [2.24, 2.45) is 0 Å². The Morgan fingerprint density at radius 2 is 1.17 bits per heavy atom. The average molecular weight is 307 g/mol. The number of hydrogen-bond donors (Lipinski definition) is 0. The van der Waals surface area contributed by atoms with Crippen molar-refractivity contribution in [2.75, 3.05) is 11.9 Å². The lowest BCUT2D eigenvalue weighted by atomic mass is 10.00. The molecule has 1 heteroatoms. The van der Waals surface area contributed by atoms with Gasteiger partial charge in [-0.25, -0.2) is 0 Å². The van der Waals surface area contributed by atoms with E-state index in [1.807, 2.05) is 0 Å². The minimum Gasteiger partial charge on any atom is -0.344 e. The van der Waals surface area contributed by atoms with Crippen LogP contribution in [0.15, 0.2) is 72.8 Å². The van der Waals surface area contributed by atoms with Crippen LogP contribution in [-0.4, -0.2) is 7.05 Å². The maximum Gasteiger partial charge on any atom is 0.0488 e. The highest BCUT2D eigenvalue weighted by Crippen LogP contribution is 2.38. The smallest absolute Gasteiger partial charge is 0.0488 e. The summed E-state index contributed by atoms with van der Waals surface area (Å²) >= 11 is 0. The molecular formula is C23H17N. The standard InChI is InChI=1S/C23H17N/c1-24-22-9-5-4-6-16(22)10-11-19-14-20-12-17-7-2-3-8-18(17)13-21(20)15-23(19)24/h2-15H,1H3. The van der Waals surface area contributed by atoms with E-state index >= 15 is 0 Å². The first-order valence-corrected chi connectivity index (χ1v) is 8.27. The Bertz CT molecular complexity index is 1120. The molecule has 24 heavy (non-hydrogen) atoms. The van der Waals surface area contributed by atoms with Crippen LogP contribution in [0.25, 0.3) is 33.7 Å². The summed E-state index contributed by atoms with van der Waals surface area (Å²) < 4.78 is 0. The maximum atomic E-state index is 2.31. The zero-order chi connectivity index (χ0) is 16.1. The molecule has 0 radical (unpaired) electrons. The predicted octanol–water partition coefficient (Wildman–Crippen LogP) is 6.24. The van der Waals surface area contributed by atoms with Crippen LogP contribution in [-0.2, 0) is 0 Å². The molecule has 114 valence electrons. The van der Waals surface area contributed by atoms with Crippen LogP contribution in [0.1, 0.15) is 11.1 Å². The van der Waals surface area contributed by atoms with Gasteiger partial charge in [0, 0.05) is 18.4 Å². The Morgan fingerprint density at radius 1 is 0.542 bits per heavy atom. The first-order valence-electron chi connectivity index (χ1n) is 8.27. The number of fused-ring (bicyclic) bond motifs is 4. The number of nitrogens with zero attached hydrogens (tertiary/aromatic N) is 1. The molecule has 0 unspecified atom stereocenters. The summed E-state index contributed by atoms with van der Waals surface area (Å²) in [6, 6.07) is 26.3. The molecule has 1 aliphatic heterocycles. The van der Waals surface area contributed by atoms with Crippen LogP contribution in [0.5, 0.6) is 0 Å². The van der Waals surface area contributed by atoms with Crippen LogP contribution in [0.3, 0.4) is 0 Å². The van der Waals surface area contributed by atoms with E-state index in [1.54, 1.807) is 0 Å². The van der Waals surface area contributed by atoms with E-state index in [0.717, 1.165) is 0 Å². The number of benzene rings is 4. The Morgan fingerprint density at radius 3 is 1.96 bits per heavy atom. The number of para-hydroxylation sites is 1. The van der Waals surface area contributed by atoms with E-state index in [0.29, 0.717) is 0 Å². The number of hydrogen-bond acceptors (Lipinski definition) is 1. The van der Waals surface area contributed by atoms with Gasteiger partial charge in [-0.3, -0.25) is 0 Å². The van der Waals surface area contributed by atoms with Crippen LogP contribution in [0, 0.1) is 0 Å². The minimum atomic E-state index is 1.24. The van der Waals surface area contributed by atoms with Gasteiger partial charge in [-0.1, -0.05) is 54.6 Å². The van der Waals surface area contributed by atoms with Crippen LogP contribution in [0.2, 0.25) is 0 Å². The molecule has 0 aromatic heterocycles. The van der Waals surface area contributed by atoms with E-state index in [9.17, 15) is 0 Å². The predicted molar refractivity (Wildman–Crippen MR) is 105 cm³/mol. The second kappa shape index (κ2) is 4.97. The SMILES string of the molecule is CN1c2ccccc2C=Cc2cc3cc4ccccc4cc3cc21. The molecule has 4 aromatic rings. The first-order chi connectivity index (χ1) is 11.8. The molecule has 0 spiro atoms. The fourth-order valence-corrected chi connectivity index (χ4v) is 3.66. The van der Waals surface area contributed by atoms with Crippen molar-refractivity contribution < 1.29 is 0 Å². The van der Waals surface area contributed by atoms with Crippen molar-refractivity contribution in [1.29, 1.82) is 0 Å². The van der Waals surface area contributed by atoms with Gasteiger partial charge in [0.15, 0.2) is 0 Å². The van der Waals surface area contributed by atoms with Gasteiger partial charge >= 0.3 is 0 Å². The molecule has 1 aliphatic rings. The quantitative estimate of drug-likeness (QED) is 0.347. The summed E-state index contributed by atoms with van der Waals surface area (Å²) in [5.41, 5.74) is 5.01. The molecular weight excluding hydrogens is 290 g/mol. The lowest BCUT2D eigenvalue weighted by molar-refractivity contribution is 1.21. The third kappa shape index (κ3) is 1.95. The summed E-state index contributed by atoms with van der Waals surface area (Å²) in [7, 11) is 2.15. The van der Waals surface area contributed by atoms with Crippen molar-refractivity contribution in [3.05, 3.63) is 83.9 Å². The molecule has 0 atom stereocenters. The molecule has 0 aliphatic carbocycles. The average Bonchev–Trinajstić information content (AvgIpc) is 2.76. The fourth-order valence-electron chi connectivity index (χ4n) is 3.66. The Hall–Kier alpha value is -3.06. The third-order valence-electron chi connectivity index (χ3n) is 4.95. The zero-order valence-corrected chi connectivity index (χ0v) is 13.5. The summed E-state index contributed by atoms with van der Waals surface area (Å²) in [5.74, 6) is 0. The maximum absolute atomic E-state index is 2.31. The molecule has 0 saturated heterocycles. The van der Waals surface area contributed by atoms with Crippen LogP contribution < -0.4 is 4.90 Å². The molecule has 1 nitrogen and oxygen atoms in total. The summed E-state index contributed by atoms with van der Waals surface area (Å²) in [6.07, 6.45) is 4.44. The van der Waals surface area contributed by atoms with Crippen molar-refractivity contribution in [3.63, 3.8) is 0 Å². The van der Waals surface area contributed by atoms with E-state index < -0.39 is 0 Å². The van der Waals surface area contributed by atoms with Gasteiger partial charge in [-0.05, 0) is 63.0 Å². The number of anilines is 2. The Labute approximate surface area is 141 Å². The van der Waals surface area contributed by atoms with Gasteiger partial charge in [0.1, 0.15) is 0 Å².